The van der Waals surface area contributed by atoms with Crippen LogP contribution in [0, 0.1) is 5.82 Å². The molecule has 3 amide bonds. The molecule has 2 aromatic carbocycles. The first-order valence-electron chi connectivity index (χ1n) is 12.7. The molecule has 38 heavy (non-hydrogen) atoms. The van der Waals surface area contributed by atoms with Crippen molar-refractivity contribution >= 4 is 17.7 Å². The average molecular weight is 517 g/mol. The fourth-order valence-electron chi connectivity index (χ4n) is 5.08. The van der Waals surface area contributed by atoms with Gasteiger partial charge in [-0.05, 0) is 42.0 Å². The molecule has 2 aliphatic heterocycles. The van der Waals surface area contributed by atoms with Crippen LogP contribution in [0.5, 0.6) is 0 Å². The van der Waals surface area contributed by atoms with E-state index in [4.69, 9.17) is 4.74 Å². The van der Waals surface area contributed by atoms with Gasteiger partial charge in [0.05, 0.1) is 25.3 Å². The number of piperidine rings is 1. The van der Waals surface area contributed by atoms with E-state index in [-0.39, 0.29) is 30.5 Å². The Kier molecular flexibility index (Phi) is 7.46. The number of halogens is 1. The molecule has 1 unspecified atom stereocenters. The van der Waals surface area contributed by atoms with Crippen LogP contribution in [0.15, 0.2) is 79.0 Å². The van der Waals surface area contributed by atoms with Gasteiger partial charge in [-0.3, -0.25) is 24.3 Å². The molecule has 2 aliphatic rings. The van der Waals surface area contributed by atoms with E-state index in [1.54, 1.807) is 23.2 Å². The number of nitrogens with zero attached hydrogens (tertiary/aromatic N) is 3. The third kappa shape index (κ3) is 5.43. The van der Waals surface area contributed by atoms with Crippen LogP contribution in [0.1, 0.15) is 34.5 Å². The molecule has 2 saturated heterocycles. The molecule has 1 aromatic heterocycles. The summed E-state index contributed by atoms with van der Waals surface area (Å²) in [7, 11) is 0. The number of rotatable bonds is 6. The number of amides is 3. The van der Waals surface area contributed by atoms with Crippen molar-refractivity contribution in [3.05, 3.63) is 102 Å². The van der Waals surface area contributed by atoms with Gasteiger partial charge in [-0.2, -0.15) is 0 Å². The fourth-order valence-corrected chi connectivity index (χ4v) is 5.08. The van der Waals surface area contributed by atoms with E-state index in [9.17, 15) is 18.8 Å². The number of likely N-dealkylation sites (tertiary alicyclic amines) is 1. The Morgan fingerprint density at radius 2 is 1.68 bits per heavy atom. The topological polar surface area (TPSA) is 91.8 Å². The van der Waals surface area contributed by atoms with Crippen molar-refractivity contribution in [2.45, 2.75) is 37.6 Å². The van der Waals surface area contributed by atoms with E-state index >= 15 is 0 Å². The molecule has 1 N–H and O–H groups in total. The highest BCUT2D eigenvalue weighted by Crippen LogP contribution is 2.38. The molecule has 0 radical (unpaired) electrons. The second-order valence-electron chi connectivity index (χ2n) is 9.54. The lowest BCUT2D eigenvalue weighted by Crippen LogP contribution is -2.59. The van der Waals surface area contributed by atoms with Crippen molar-refractivity contribution in [1.29, 1.82) is 0 Å². The monoisotopic (exact) mass is 516 g/mol. The molecular formula is C29H29FN4O4. The summed E-state index contributed by atoms with van der Waals surface area (Å²) in [6.45, 7) is 1.02. The van der Waals surface area contributed by atoms with Crippen LogP contribution in [0.3, 0.4) is 0 Å². The molecule has 8 nitrogen and oxygen atoms in total. The van der Waals surface area contributed by atoms with E-state index < -0.39 is 23.5 Å². The third-order valence-electron chi connectivity index (χ3n) is 7.14. The highest BCUT2D eigenvalue weighted by molar-refractivity contribution is 5.98. The van der Waals surface area contributed by atoms with Gasteiger partial charge in [0.1, 0.15) is 17.6 Å². The van der Waals surface area contributed by atoms with Gasteiger partial charge in [-0.15, -0.1) is 0 Å². The molecule has 3 heterocycles. The Morgan fingerprint density at radius 1 is 0.974 bits per heavy atom. The van der Waals surface area contributed by atoms with Crippen molar-refractivity contribution in [3.8, 4) is 0 Å². The summed E-state index contributed by atoms with van der Waals surface area (Å²) in [5.74, 6) is -1.22. The average Bonchev–Trinajstić information content (AvgIpc) is 3.31. The van der Waals surface area contributed by atoms with Crippen LogP contribution < -0.4 is 5.32 Å². The molecule has 1 spiro atoms. The minimum atomic E-state index is -1.04. The van der Waals surface area contributed by atoms with Crippen molar-refractivity contribution in [1.82, 2.24) is 20.1 Å². The Balaban J connectivity index is 1.33. The number of hydrogen-bond donors (Lipinski definition) is 1. The van der Waals surface area contributed by atoms with Gasteiger partial charge in [-0.1, -0.05) is 36.4 Å². The van der Waals surface area contributed by atoms with Crippen molar-refractivity contribution in [3.63, 3.8) is 0 Å². The van der Waals surface area contributed by atoms with Crippen LogP contribution in [0.2, 0.25) is 0 Å². The highest BCUT2D eigenvalue weighted by Gasteiger charge is 2.54. The summed E-state index contributed by atoms with van der Waals surface area (Å²) in [4.78, 5) is 47.4. The zero-order chi connectivity index (χ0) is 26.5. The molecule has 3 aromatic rings. The van der Waals surface area contributed by atoms with Crippen molar-refractivity contribution in [2.75, 3.05) is 19.7 Å². The Labute approximate surface area is 220 Å². The summed E-state index contributed by atoms with van der Waals surface area (Å²) in [6, 6.07) is 19.4. The molecule has 0 saturated carbocycles. The van der Waals surface area contributed by atoms with E-state index in [0.717, 1.165) is 5.56 Å². The van der Waals surface area contributed by atoms with Crippen LogP contribution >= 0.6 is 0 Å². The summed E-state index contributed by atoms with van der Waals surface area (Å²) in [6.07, 6.45) is 2.67. The molecule has 0 bridgehead atoms. The van der Waals surface area contributed by atoms with Gasteiger partial charge >= 0.3 is 0 Å². The maximum absolute atomic E-state index is 13.7. The van der Waals surface area contributed by atoms with Gasteiger partial charge in [-0.25, -0.2) is 4.39 Å². The lowest BCUT2D eigenvalue weighted by atomic mass is 9.96. The van der Waals surface area contributed by atoms with E-state index in [1.165, 1.54) is 29.2 Å². The van der Waals surface area contributed by atoms with Crippen LogP contribution in [-0.4, -0.2) is 64.0 Å². The third-order valence-corrected chi connectivity index (χ3v) is 7.14. The predicted molar refractivity (Wildman–Crippen MR) is 137 cm³/mol. The summed E-state index contributed by atoms with van der Waals surface area (Å²) < 4.78 is 19.8. The highest BCUT2D eigenvalue weighted by atomic mass is 19.1. The molecular weight excluding hydrogens is 487 g/mol. The quantitative estimate of drug-likeness (QED) is 0.544. The largest absolute Gasteiger partial charge is 0.353 e. The first kappa shape index (κ1) is 25.5. The zero-order valence-electron chi connectivity index (χ0n) is 20.9. The second kappa shape index (κ2) is 11.1. The Bertz CT molecular complexity index is 1280. The first-order valence-corrected chi connectivity index (χ1v) is 12.7. The molecule has 2 fully saturated rings. The van der Waals surface area contributed by atoms with Crippen LogP contribution in [0.4, 0.5) is 4.39 Å². The smallest absolute Gasteiger partial charge is 0.256 e. The van der Waals surface area contributed by atoms with Gasteiger partial charge in [0, 0.05) is 37.7 Å². The molecule has 1 atom stereocenters. The number of benzene rings is 2. The molecule has 9 heteroatoms. The minimum absolute atomic E-state index is 0.00473. The van der Waals surface area contributed by atoms with E-state index in [0.29, 0.717) is 38.0 Å². The number of hydrogen-bond acceptors (Lipinski definition) is 5. The van der Waals surface area contributed by atoms with Crippen molar-refractivity contribution < 1.29 is 23.5 Å². The van der Waals surface area contributed by atoms with E-state index in [1.807, 2.05) is 36.4 Å². The molecule has 196 valence electrons. The van der Waals surface area contributed by atoms with Gasteiger partial charge in [0.15, 0.2) is 0 Å². The fraction of sp³-hybridized carbons (Fsp3) is 0.310. The van der Waals surface area contributed by atoms with Gasteiger partial charge < -0.3 is 15.0 Å². The Morgan fingerprint density at radius 3 is 2.37 bits per heavy atom. The number of nitrogens with one attached hydrogen (secondary N) is 1. The normalized spacial score (nSPS) is 18.4. The lowest BCUT2D eigenvalue weighted by molar-refractivity contribution is -0.143. The lowest BCUT2D eigenvalue weighted by Gasteiger charge is -2.44. The van der Waals surface area contributed by atoms with Crippen molar-refractivity contribution in [2.24, 2.45) is 0 Å². The number of carbonyl (C=O) groups is 3. The summed E-state index contributed by atoms with van der Waals surface area (Å²) >= 11 is 0. The predicted octanol–water partition coefficient (Wildman–Crippen LogP) is 2.94. The standard InChI is InChI=1S/C29H29FN4O4/c30-23-11-9-22(10-12-23)28(37)34-25(27(36)32-19-24-8-4-5-15-31-24)20-38-29(34)13-16-33(17-14-29)26(35)18-21-6-2-1-3-7-21/h1-12,15,25H,13-14,16-20H2,(H,32,36). The summed E-state index contributed by atoms with van der Waals surface area (Å²) in [5.41, 5.74) is 0.854. The SMILES string of the molecule is O=C(NCc1ccccn1)C1COC2(CCN(C(=O)Cc3ccccc3)CC2)N1C(=O)c1ccc(F)cc1. The Hall–Kier alpha value is -4.11. The molecule has 0 aliphatic carbocycles. The number of aromatic nitrogens is 1. The molecule has 5 rings (SSSR count). The number of carbonyl (C=O) groups excluding carboxylic acids is 3. The zero-order valence-corrected chi connectivity index (χ0v) is 20.9. The minimum Gasteiger partial charge on any atom is -0.353 e. The maximum atomic E-state index is 13.7. The second-order valence-corrected chi connectivity index (χ2v) is 9.54. The van der Waals surface area contributed by atoms with Gasteiger partial charge in [0.2, 0.25) is 11.8 Å². The van der Waals surface area contributed by atoms with Gasteiger partial charge in [0.25, 0.3) is 5.91 Å². The number of ether oxygens (including phenoxy) is 1. The number of pyridine rings is 1. The maximum Gasteiger partial charge on any atom is 0.256 e. The first-order chi connectivity index (χ1) is 18.4. The van der Waals surface area contributed by atoms with E-state index in [2.05, 4.69) is 10.3 Å². The van der Waals surface area contributed by atoms with Crippen LogP contribution in [0.25, 0.3) is 0 Å². The van der Waals surface area contributed by atoms with Crippen LogP contribution in [-0.2, 0) is 27.3 Å². The summed E-state index contributed by atoms with van der Waals surface area (Å²) in [5, 5.41) is 2.86.